The molecule has 2 rings (SSSR count). The maximum Gasteiger partial charge on any atom is 0.226 e. The van der Waals surface area contributed by atoms with E-state index in [-0.39, 0.29) is 36.4 Å². The van der Waals surface area contributed by atoms with Gasteiger partial charge in [-0.2, -0.15) is 0 Å². The Morgan fingerprint density at radius 3 is 2.46 bits per heavy atom. The summed E-state index contributed by atoms with van der Waals surface area (Å²) in [6.45, 7) is 5.71. The van der Waals surface area contributed by atoms with Crippen molar-refractivity contribution in [3.05, 3.63) is 33.8 Å². The molecule has 1 aromatic carbocycles. The topological polar surface area (TPSA) is 55.6 Å². The van der Waals surface area contributed by atoms with E-state index in [1.807, 2.05) is 30.9 Å². The van der Waals surface area contributed by atoms with Crippen molar-refractivity contribution in [2.45, 2.75) is 45.4 Å². The Morgan fingerprint density at radius 2 is 1.92 bits per heavy atom. The summed E-state index contributed by atoms with van der Waals surface area (Å²) in [5, 5.41) is 1.09. The molecule has 1 fully saturated rings. The number of hydrogen-bond donors (Lipinski definition) is 1. The van der Waals surface area contributed by atoms with E-state index in [0.717, 1.165) is 31.5 Å². The van der Waals surface area contributed by atoms with Crippen LogP contribution in [0, 0.1) is 5.92 Å². The Balaban J connectivity index is 0.00000288. The van der Waals surface area contributed by atoms with Crippen molar-refractivity contribution >= 4 is 41.5 Å². The van der Waals surface area contributed by atoms with E-state index >= 15 is 0 Å². The number of rotatable bonds is 5. The molecule has 1 saturated heterocycles. The molecular weight excluding hydrogens is 371 g/mol. The lowest BCUT2D eigenvalue weighted by Gasteiger charge is -2.34. The second kappa shape index (κ2) is 9.83. The standard InChI is InChI=1S/C17H24Cl2N2O2.ClH/c1-11(12(2)20)17(22)21-7-5-14(6-8-21)23-10-13-3-4-15(18)16(19)9-13;/h3-4,9,11-12,14H,5-8,10,20H2,1-2H3;1H. The Labute approximate surface area is 160 Å². The summed E-state index contributed by atoms with van der Waals surface area (Å²) >= 11 is 11.9. The number of carbonyl (C=O) groups is 1. The number of ether oxygens (including phenoxy) is 1. The maximum atomic E-state index is 12.3. The van der Waals surface area contributed by atoms with Gasteiger partial charge in [-0.05, 0) is 37.5 Å². The van der Waals surface area contributed by atoms with Crippen molar-refractivity contribution in [3.8, 4) is 0 Å². The third kappa shape index (κ3) is 5.78. The molecule has 2 N–H and O–H groups in total. The molecule has 2 unspecified atom stereocenters. The van der Waals surface area contributed by atoms with E-state index in [1.54, 1.807) is 6.07 Å². The minimum absolute atomic E-state index is 0. The summed E-state index contributed by atoms with van der Waals surface area (Å²) in [5.41, 5.74) is 6.82. The predicted molar refractivity (Wildman–Crippen MR) is 101 cm³/mol. The molecule has 0 bridgehead atoms. The zero-order chi connectivity index (χ0) is 17.0. The number of hydrogen-bond acceptors (Lipinski definition) is 3. The summed E-state index contributed by atoms with van der Waals surface area (Å²) in [7, 11) is 0. The SMILES string of the molecule is CC(N)C(C)C(=O)N1CCC(OCc2ccc(Cl)c(Cl)c2)CC1.Cl. The van der Waals surface area contributed by atoms with Crippen molar-refractivity contribution in [3.63, 3.8) is 0 Å². The van der Waals surface area contributed by atoms with Gasteiger partial charge in [0, 0.05) is 19.1 Å². The van der Waals surface area contributed by atoms with Crippen LogP contribution in [0.4, 0.5) is 0 Å². The van der Waals surface area contributed by atoms with Crippen LogP contribution in [0.1, 0.15) is 32.3 Å². The molecule has 2 atom stereocenters. The number of nitrogens with two attached hydrogens (primary N) is 1. The molecule has 1 aliphatic rings. The normalized spacial score (nSPS) is 18.0. The number of nitrogens with zero attached hydrogens (tertiary/aromatic N) is 1. The lowest BCUT2D eigenvalue weighted by molar-refractivity contribution is -0.138. The Hall–Kier alpha value is -0.520. The first-order valence-electron chi connectivity index (χ1n) is 7.98. The smallest absolute Gasteiger partial charge is 0.226 e. The van der Waals surface area contributed by atoms with Crippen LogP contribution in [-0.4, -0.2) is 36.0 Å². The van der Waals surface area contributed by atoms with Crippen LogP contribution in [-0.2, 0) is 16.1 Å². The van der Waals surface area contributed by atoms with Crippen LogP contribution in [0.15, 0.2) is 18.2 Å². The van der Waals surface area contributed by atoms with Crippen LogP contribution >= 0.6 is 35.6 Å². The lowest BCUT2D eigenvalue weighted by atomic mass is 10.0. The van der Waals surface area contributed by atoms with Crippen molar-refractivity contribution < 1.29 is 9.53 Å². The fourth-order valence-corrected chi connectivity index (χ4v) is 2.92. The summed E-state index contributed by atoms with van der Waals surface area (Å²) in [4.78, 5) is 14.2. The molecular formula is C17H25Cl3N2O2. The average molecular weight is 396 g/mol. The Kier molecular flexibility index (Phi) is 8.82. The molecule has 136 valence electrons. The summed E-state index contributed by atoms with van der Waals surface area (Å²) in [5.74, 6) is 0.00612. The van der Waals surface area contributed by atoms with Crippen LogP contribution in [0.3, 0.4) is 0 Å². The van der Waals surface area contributed by atoms with Crippen LogP contribution in [0.5, 0.6) is 0 Å². The van der Waals surface area contributed by atoms with Gasteiger partial charge >= 0.3 is 0 Å². The van der Waals surface area contributed by atoms with Gasteiger partial charge < -0.3 is 15.4 Å². The van der Waals surface area contributed by atoms with E-state index < -0.39 is 0 Å². The van der Waals surface area contributed by atoms with Crippen molar-refractivity contribution in [1.82, 2.24) is 4.90 Å². The van der Waals surface area contributed by atoms with Gasteiger partial charge in [0.15, 0.2) is 0 Å². The molecule has 0 aromatic heterocycles. The van der Waals surface area contributed by atoms with Crippen LogP contribution in [0.25, 0.3) is 0 Å². The highest BCUT2D eigenvalue weighted by Crippen LogP contribution is 2.24. The van der Waals surface area contributed by atoms with Gasteiger partial charge in [0.2, 0.25) is 5.91 Å². The minimum Gasteiger partial charge on any atom is -0.373 e. The van der Waals surface area contributed by atoms with Crippen LogP contribution < -0.4 is 5.73 Å². The fourth-order valence-electron chi connectivity index (χ4n) is 2.60. The zero-order valence-electron chi connectivity index (χ0n) is 14.0. The highest BCUT2D eigenvalue weighted by molar-refractivity contribution is 6.42. The first kappa shape index (κ1) is 21.5. The van der Waals surface area contributed by atoms with Gasteiger partial charge in [-0.1, -0.05) is 36.2 Å². The van der Waals surface area contributed by atoms with Crippen molar-refractivity contribution in [1.29, 1.82) is 0 Å². The first-order chi connectivity index (χ1) is 10.9. The molecule has 24 heavy (non-hydrogen) atoms. The molecule has 0 saturated carbocycles. The number of piperidine rings is 1. The molecule has 4 nitrogen and oxygen atoms in total. The minimum atomic E-state index is -0.135. The van der Waals surface area contributed by atoms with E-state index in [0.29, 0.717) is 16.7 Å². The molecule has 0 spiro atoms. The molecule has 1 heterocycles. The summed E-state index contributed by atoms with van der Waals surface area (Å²) in [6, 6.07) is 5.40. The number of amides is 1. The molecule has 1 aliphatic heterocycles. The van der Waals surface area contributed by atoms with E-state index in [9.17, 15) is 4.79 Å². The van der Waals surface area contributed by atoms with Crippen molar-refractivity contribution in [2.75, 3.05) is 13.1 Å². The average Bonchev–Trinajstić information content (AvgIpc) is 2.55. The van der Waals surface area contributed by atoms with Gasteiger partial charge in [0.05, 0.1) is 28.7 Å². The second-order valence-corrected chi connectivity index (χ2v) is 7.05. The number of carbonyl (C=O) groups excluding carboxylic acids is 1. The summed E-state index contributed by atoms with van der Waals surface area (Å²) in [6.07, 6.45) is 1.86. The molecule has 0 radical (unpaired) electrons. The van der Waals surface area contributed by atoms with Crippen LogP contribution in [0.2, 0.25) is 10.0 Å². The number of halogens is 3. The number of likely N-dealkylation sites (tertiary alicyclic amines) is 1. The largest absolute Gasteiger partial charge is 0.373 e. The van der Waals surface area contributed by atoms with Gasteiger partial charge in [-0.25, -0.2) is 0 Å². The van der Waals surface area contributed by atoms with E-state index in [2.05, 4.69) is 0 Å². The number of benzene rings is 1. The third-order valence-corrected chi connectivity index (χ3v) is 5.14. The molecule has 1 aromatic rings. The van der Waals surface area contributed by atoms with E-state index in [1.165, 1.54) is 0 Å². The summed E-state index contributed by atoms with van der Waals surface area (Å²) < 4.78 is 5.94. The highest BCUT2D eigenvalue weighted by Gasteiger charge is 2.27. The first-order valence-corrected chi connectivity index (χ1v) is 8.74. The Bertz CT molecular complexity index is 547. The predicted octanol–water partition coefficient (Wildman–Crippen LogP) is 3.91. The third-order valence-electron chi connectivity index (χ3n) is 4.40. The maximum absolute atomic E-state index is 12.3. The molecule has 1 amide bonds. The Morgan fingerprint density at radius 1 is 1.29 bits per heavy atom. The fraction of sp³-hybridized carbons (Fsp3) is 0.588. The highest BCUT2D eigenvalue weighted by atomic mass is 35.5. The van der Waals surface area contributed by atoms with Gasteiger partial charge in [-0.15, -0.1) is 12.4 Å². The quantitative estimate of drug-likeness (QED) is 0.822. The second-order valence-electron chi connectivity index (χ2n) is 6.23. The van der Waals surface area contributed by atoms with Gasteiger partial charge in [-0.3, -0.25) is 4.79 Å². The molecule has 7 heteroatoms. The van der Waals surface area contributed by atoms with Gasteiger partial charge in [0.1, 0.15) is 0 Å². The zero-order valence-corrected chi connectivity index (χ0v) is 16.3. The van der Waals surface area contributed by atoms with Gasteiger partial charge in [0.25, 0.3) is 0 Å². The lowest BCUT2D eigenvalue weighted by Crippen LogP contribution is -2.46. The molecule has 0 aliphatic carbocycles. The van der Waals surface area contributed by atoms with E-state index in [4.69, 9.17) is 33.7 Å². The monoisotopic (exact) mass is 394 g/mol. The van der Waals surface area contributed by atoms with Crippen molar-refractivity contribution in [2.24, 2.45) is 11.7 Å².